The first-order chi connectivity index (χ1) is 9.19. The summed E-state index contributed by atoms with van der Waals surface area (Å²) >= 11 is 0. The van der Waals surface area contributed by atoms with E-state index >= 15 is 0 Å². The molecule has 0 spiro atoms. The largest absolute Gasteiger partial charge is 0.327 e. The van der Waals surface area contributed by atoms with Gasteiger partial charge in [-0.2, -0.15) is 5.26 Å². The van der Waals surface area contributed by atoms with Crippen molar-refractivity contribution in [3.8, 4) is 17.5 Å². The van der Waals surface area contributed by atoms with Crippen LogP contribution in [0.25, 0.3) is 22.4 Å². The van der Waals surface area contributed by atoms with Crippen LogP contribution in [0, 0.1) is 18.3 Å². The van der Waals surface area contributed by atoms with Gasteiger partial charge in [-0.05, 0) is 37.3 Å². The standard InChI is InChI=1S/C15H12N4/c1-10-7-12(5-6-17-10)15-18-13-4-3-11(9-16)8-14(13)19(15)2/h3-8H,1-2H3. The Morgan fingerprint density at radius 2 is 2.05 bits per heavy atom. The molecule has 2 heterocycles. The third kappa shape index (κ3) is 1.85. The summed E-state index contributed by atoms with van der Waals surface area (Å²) in [5.41, 5.74) is 4.49. The zero-order chi connectivity index (χ0) is 13.4. The fourth-order valence-corrected chi connectivity index (χ4v) is 2.20. The van der Waals surface area contributed by atoms with Crippen molar-refractivity contribution in [2.45, 2.75) is 6.92 Å². The van der Waals surface area contributed by atoms with Crippen molar-refractivity contribution in [3.05, 3.63) is 47.8 Å². The van der Waals surface area contributed by atoms with E-state index in [1.165, 1.54) is 0 Å². The Balaban J connectivity index is 2.26. The van der Waals surface area contributed by atoms with Crippen molar-refractivity contribution < 1.29 is 0 Å². The highest BCUT2D eigenvalue weighted by atomic mass is 15.1. The molecule has 0 saturated heterocycles. The molecule has 0 aliphatic heterocycles. The quantitative estimate of drug-likeness (QED) is 0.665. The van der Waals surface area contributed by atoms with Crippen molar-refractivity contribution in [1.29, 1.82) is 5.26 Å². The van der Waals surface area contributed by atoms with Crippen LogP contribution in [0.4, 0.5) is 0 Å². The van der Waals surface area contributed by atoms with E-state index in [2.05, 4.69) is 16.0 Å². The summed E-state index contributed by atoms with van der Waals surface area (Å²) in [6.45, 7) is 1.96. The fraction of sp³-hybridized carbons (Fsp3) is 0.133. The molecular formula is C15H12N4. The smallest absolute Gasteiger partial charge is 0.140 e. The van der Waals surface area contributed by atoms with Crippen LogP contribution < -0.4 is 0 Å². The molecule has 0 atom stereocenters. The zero-order valence-electron chi connectivity index (χ0n) is 10.8. The van der Waals surface area contributed by atoms with E-state index in [0.717, 1.165) is 28.1 Å². The van der Waals surface area contributed by atoms with E-state index in [-0.39, 0.29) is 0 Å². The lowest BCUT2D eigenvalue weighted by molar-refractivity contribution is 0.957. The Bertz CT molecular complexity index is 809. The topological polar surface area (TPSA) is 54.5 Å². The van der Waals surface area contributed by atoms with Crippen LogP contribution in [0.5, 0.6) is 0 Å². The maximum Gasteiger partial charge on any atom is 0.140 e. The maximum atomic E-state index is 8.96. The normalized spacial score (nSPS) is 10.6. The first-order valence-electron chi connectivity index (χ1n) is 5.98. The van der Waals surface area contributed by atoms with Crippen molar-refractivity contribution in [3.63, 3.8) is 0 Å². The van der Waals surface area contributed by atoms with Gasteiger partial charge in [-0.3, -0.25) is 4.98 Å². The van der Waals surface area contributed by atoms with Gasteiger partial charge in [0.15, 0.2) is 0 Å². The Morgan fingerprint density at radius 3 is 2.79 bits per heavy atom. The second kappa shape index (κ2) is 4.21. The Labute approximate surface area is 111 Å². The third-order valence-electron chi connectivity index (χ3n) is 3.16. The van der Waals surface area contributed by atoms with E-state index in [1.54, 1.807) is 12.3 Å². The van der Waals surface area contributed by atoms with Crippen molar-refractivity contribution in [2.24, 2.45) is 7.05 Å². The molecular weight excluding hydrogens is 236 g/mol. The molecule has 0 saturated carbocycles. The minimum atomic E-state index is 0.646. The third-order valence-corrected chi connectivity index (χ3v) is 3.16. The Morgan fingerprint density at radius 1 is 1.21 bits per heavy atom. The average Bonchev–Trinajstić information content (AvgIpc) is 2.76. The van der Waals surface area contributed by atoms with Crippen molar-refractivity contribution >= 4 is 11.0 Å². The minimum absolute atomic E-state index is 0.646. The zero-order valence-corrected chi connectivity index (χ0v) is 10.8. The number of nitrogens with zero attached hydrogens (tertiary/aromatic N) is 4. The van der Waals surface area contributed by atoms with Gasteiger partial charge in [0, 0.05) is 24.5 Å². The van der Waals surface area contributed by atoms with Crippen LogP contribution in [0.3, 0.4) is 0 Å². The molecule has 0 amide bonds. The Kier molecular flexibility index (Phi) is 2.53. The predicted molar refractivity (Wildman–Crippen MR) is 73.4 cm³/mol. The van der Waals surface area contributed by atoms with Gasteiger partial charge in [-0.15, -0.1) is 0 Å². The number of pyridine rings is 1. The molecule has 0 radical (unpaired) electrons. The van der Waals surface area contributed by atoms with Crippen molar-refractivity contribution in [1.82, 2.24) is 14.5 Å². The molecule has 92 valence electrons. The molecule has 0 unspecified atom stereocenters. The van der Waals surface area contributed by atoms with Gasteiger partial charge in [0.1, 0.15) is 5.82 Å². The molecule has 4 nitrogen and oxygen atoms in total. The van der Waals surface area contributed by atoms with E-state index in [4.69, 9.17) is 5.26 Å². The highest BCUT2D eigenvalue weighted by Gasteiger charge is 2.10. The molecule has 1 aromatic carbocycles. The molecule has 0 fully saturated rings. The number of aryl methyl sites for hydroxylation is 2. The molecule has 3 rings (SSSR count). The number of hydrogen-bond donors (Lipinski definition) is 0. The summed E-state index contributed by atoms with van der Waals surface area (Å²) in [5, 5.41) is 8.96. The fourth-order valence-electron chi connectivity index (χ4n) is 2.20. The van der Waals surface area contributed by atoms with Gasteiger partial charge in [0.25, 0.3) is 0 Å². The molecule has 0 aliphatic rings. The van der Waals surface area contributed by atoms with Crippen LogP contribution in [-0.2, 0) is 7.05 Å². The molecule has 4 heteroatoms. The van der Waals surface area contributed by atoms with Gasteiger partial charge in [0.2, 0.25) is 0 Å². The second-order valence-electron chi connectivity index (χ2n) is 4.50. The first-order valence-corrected chi connectivity index (χ1v) is 5.98. The molecule has 0 bridgehead atoms. The summed E-state index contributed by atoms with van der Waals surface area (Å²) in [6.07, 6.45) is 1.78. The number of rotatable bonds is 1. The van der Waals surface area contributed by atoms with Gasteiger partial charge in [0.05, 0.1) is 22.7 Å². The van der Waals surface area contributed by atoms with E-state index < -0.39 is 0 Å². The average molecular weight is 248 g/mol. The summed E-state index contributed by atoms with van der Waals surface area (Å²) < 4.78 is 2.00. The van der Waals surface area contributed by atoms with Gasteiger partial charge in [-0.1, -0.05) is 0 Å². The number of imidazole rings is 1. The van der Waals surface area contributed by atoms with Gasteiger partial charge < -0.3 is 4.57 Å². The summed E-state index contributed by atoms with van der Waals surface area (Å²) in [7, 11) is 1.96. The highest BCUT2D eigenvalue weighted by Crippen LogP contribution is 2.24. The Hall–Kier alpha value is -2.67. The highest BCUT2D eigenvalue weighted by molar-refractivity contribution is 5.81. The lowest BCUT2D eigenvalue weighted by Gasteiger charge is -2.03. The lowest BCUT2D eigenvalue weighted by Crippen LogP contribution is -1.93. The van der Waals surface area contributed by atoms with E-state index in [1.807, 2.05) is 42.8 Å². The number of benzene rings is 1. The van der Waals surface area contributed by atoms with Crippen LogP contribution >= 0.6 is 0 Å². The number of hydrogen-bond acceptors (Lipinski definition) is 3. The monoisotopic (exact) mass is 248 g/mol. The molecule has 3 aromatic rings. The van der Waals surface area contributed by atoms with Crippen LogP contribution in [0.15, 0.2) is 36.5 Å². The second-order valence-corrected chi connectivity index (χ2v) is 4.50. The molecule has 0 aliphatic carbocycles. The molecule has 2 aromatic heterocycles. The van der Waals surface area contributed by atoms with E-state index in [9.17, 15) is 0 Å². The maximum absolute atomic E-state index is 8.96. The molecule has 19 heavy (non-hydrogen) atoms. The summed E-state index contributed by atoms with van der Waals surface area (Å²) in [4.78, 5) is 8.82. The van der Waals surface area contributed by atoms with Crippen LogP contribution in [-0.4, -0.2) is 14.5 Å². The first kappa shape index (κ1) is 11.4. The van der Waals surface area contributed by atoms with Crippen molar-refractivity contribution in [2.75, 3.05) is 0 Å². The summed E-state index contributed by atoms with van der Waals surface area (Å²) in [5.74, 6) is 0.885. The molecule has 0 N–H and O–H groups in total. The number of fused-ring (bicyclic) bond motifs is 1. The number of nitriles is 1. The predicted octanol–water partition coefficient (Wildman–Crippen LogP) is 2.82. The minimum Gasteiger partial charge on any atom is -0.327 e. The van der Waals surface area contributed by atoms with Crippen LogP contribution in [0.2, 0.25) is 0 Å². The van der Waals surface area contributed by atoms with Crippen LogP contribution in [0.1, 0.15) is 11.3 Å². The summed E-state index contributed by atoms with van der Waals surface area (Å²) in [6, 6.07) is 11.6. The number of aromatic nitrogens is 3. The van der Waals surface area contributed by atoms with Gasteiger partial charge in [-0.25, -0.2) is 4.98 Å². The SMILES string of the molecule is Cc1cc(-c2nc3ccc(C#N)cc3n2C)ccn1. The van der Waals surface area contributed by atoms with E-state index in [0.29, 0.717) is 5.56 Å². The lowest BCUT2D eigenvalue weighted by atomic mass is 10.2. The van der Waals surface area contributed by atoms with Gasteiger partial charge >= 0.3 is 0 Å².